The van der Waals surface area contributed by atoms with Gasteiger partial charge in [0, 0.05) is 19.0 Å². The lowest BCUT2D eigenvalue weighted by atomic mass is 10.2. The summed E-state index contributed by atoms with van der Waals surface area (Å²) in [6.07, 6.45) is 0.826. The third-order valence-electron chi connectivity index (χ3n) is 2.81. The highest BCUT2D eigenvalue weighted by molar-refractivity contribution is 5.89. The molecule has 0 saturated carbocycles. The number of carbonyl (C=O) groups is 1. The van der Waals surface area contributed by atoms with Crippen molar-refractivity contribution >= 4 is 17.3 Å². The molecule has 2 rings (SSSR count). The minimum Gasteiger partial charge on any atom is -0.464 e. The minimum absolute atomic E-state index is 0.193. The van der Waals surface area contributed by atoms with Gasteiger partial charge in [0.25, 0.3) is 0 Å². The molecule has 1 aromatic heterocycles. The van der Waals surface area contributed by atoms with Crippen LogP contribution in [-0.4, -0.2) is 5.91 Å². The topological polar surface area (TPSA) is 54.3 Å². The molecule has 0 bridgehead atoms. The first kappa shape index (κ1) is 14.1. The van der Waals surface area contributed by atoms with Crippen LogP contribution >= 0.6 is 0 Å². The molecule has 0 radical (unpaired) electrons. The largest absolute Gasteiger partial charge is 0.464 e. The van der Waals surface area contributed by atoms with Crippen molar-refractivity contribution in [3.63, 3.8) is 0 Å². The first-order valence-corrected chi connectivity index (χ1v) is 6.47. The summed E-state index contributed by atoms with van der Waals surface area (Å²) in [6, 6.07) is 8.15. The molecule has 0 aliphatic carbocycles. The zero-order chi connectivity index (χ0) is 14.5. The molecule has 0 aliphatic rings. The van der Waals surface area contributed by atoms with E-state index in [1.807, 2.05) is 19.1 Å². The van der Waals surface area contributed by atoms with E-state index >= 15 is 0 Å². The SMILES string of the molecule is CCc1ccc(CNc2cc(NC(C)=O)ccc2F)o1. The van der Waals surface area contributed by atoms with Crippen LogP contribution < -0.4 is 10.6 Å². The molecule has 0 fully saturated rings. The van der Waals surface area contributed by atoms with Crippen molar-refractivity contribution in [2.45, 2.75) is 26.8 Å². The zero-order valence-electron chi connectivity index (χ0n) is 11.5. The number of aryl methyl sites for hydroxylation is 1. The van der Waals surface area contributed by atoms with E-state index in [0.29, 0.717) is 17.9 Å². The van der Waals surface area contributed by atoms with Gasteiger partial charge in [-0.3, -0.25) is 4.79 Å². The van der Waals surface area contributed by atoms with Gasteiger partial charge in [-0.25, -0.2) is 4.39 Å². The molecule has 1 amide bonds. The van der Waals surface area contributed by atoms with E-state index in [-0.39, 0.29) is 11.7 Å². The molecule has 4 nitrogen and oxygen atoms in total. The van der Waals surface area contributed by atoms with Gasteiger partial charge in [0.05, 0.1) is 12.2 Å². The monoisotopic (exact) mass is 276 g/mol. The highest BCUT2D eigenvalue weighted by Gasteiger charge is 2.06. The maximum Gasteiger partial charge on any atom is 0.221 e. The predicted molar refractivity (Wildman–Crippen MR) is 76.1 cm³/mol. The Morgan fingerprint density at radius 2 is 2.00 bits per heavy atom. The Morgan fingerprint density at radius 3 is 2.65 bits per heavy atom. The number of nitrogens with one attached hydrogen (secondary N) is 2. The molecule has 20 heavy (non-hydrogen) atoms. The summed E-state index contributed by atoms with van der Waals surface area (Å²) in [4.78, 5) is 11.0. The van der Waals surface area contributed by atoms with Crippen LogP contribution in [0.2, 0.25) is 0 Å². The van der Waals surface area contributed by atoms with Crippen LogP contribution in [0.3, 0.4) is 0 Å². The number of amides is 1. The van der Waals surface area contributed by atoms with Gasteiger partial charge >= 0.3 is 0 Å². The summed E-state index contributed by atoms with van der Waals surface area (Å²) in [5.74, 6) is 1.07. The fourth-order valence-corrected chi connectivity index (χ4v) is 1.83. The number of furan rings is 1. The van der Waals surface area contributed by atoms with Gasteiger partial charge in [-0.1, -0.05) is 6.92 Å². The van der Waals surface area contributed by atoms with Gasteiger partial charge in [0.15, 0.2) is 0 Å². The predicted octanol–water partition coefficient (Wildman–Crippen LogP) is 3.55. The molecule has 5 heteroatoms. The van der Waals surface area contributed by atoms with Gasteiger partial charge in [-0.05, 0) is 30.3 Å². The second kappa shape index (κ2) is 6.23. The Labute approximate surface area is 117 Å². The van der Waals surface area contributed by atoms with Crippen LogP contribution in [-0.2, 0) is 17.8 Å². The zero-order valence-corrected chi connectivity index (χ0v) is 11.5. The van der Waals surface area contributed by atoms with Gasteiger partial charge in [-0.2, -0.15) is 0 Å². The molecule has 0 atom stereocenters. The molecule has 0 saturated heterocycles. The minimum atomic E-state index is -0.374. The number of hydrogen-bond donors (Lipinski definition) is 2. The molecule has 2 aromatic rings. The first-order valence-electron chi connectivity index (χ1n) is 6.47. The van der Waals surface area contributed by atoms with E-state index in [1.54, 1.807) is 6.07 Å². The van der Waals surface area contributed by atoms with Gasteiger partial charge in [0.1, 0.15) is 17.3 Å². The van der Waals surface area contributed by atoms with Crippen molar-refractivity contribution < 1.29 is 13.6 Å². The second-order valence-electron chi connectivity index (χ2n) is 4.45. The van der Waals surface area contributed by atoms with Gasteiger partial charge < -0.3 is 15.1 Å². The van der Waals surface area contributed by atoms with E-state index in [1.165, 1.54) is 19.1 Å². The number of anilines is 2. The van der Waals surface area contributed by atoms with Crippen molar-refractivity contribution in [3.8, 4) is 0 Å². The fraction of sp³-hybridized carbons (Fsp3) is 0.267. The number of rotatable bonds is 5. The van der Waals surface area contributed by atoms with Gasteiger partial charge in [0.2, 0.25) is 5.91 Å². The van der Waals surface area contributed by atoms with E-state index in [4.69, 9.17) is 4.42 Å². The summed E-state index contributed by atoms with van der Waals surface area (Å²) in [5.41, 5.74) is 0.876. The van der Waals surface area contributed by atoms with E-state index in [9.17, 15) is 9.18 Å². The molecule has 0 aliphatic heterocycles. The van der Waals surface area contributed by atoms with Crippen molar-refractivity contribution in [2.75, 3.05) is 10.6 Å². The van der Waals surface area contributed by atoms with Crippen molar-refractivity contribution in [1.82, 2.24) is 0 Å². The molecule has 0 spiro atoms. The third-order valence-corrected chi connectivity index (χ3v) is 2.81. The standard InChI is InChI=1S/C15H17FN2O2/c1-3-12-5-6-13(20-12)9-17-15-8-11(18-10(2)19)4-7-14(15)16/h4-8,17H,3,9H2,1-2H3,(H,18,19). The molecular weight excluding hydrogens is 259 g/mol. The van der Waals surface area contributed by atoms with Crippen LogP contribution in [0.5, 0.6) is 0 Å². The summed E-state index contributed by atoms with van der Waals surface area (Å²) in [5, 5.41) is 5.58. The average Bonchev–Trinajstić information content (AvgIpc) is 2.87. The lowest BCUT2D eigenvalue weighted by Crippen LogP contribution is -2.07. The fourth-order valence-electron chi connectivity index (χ4n) is 1.83. The smallest absolute Gasteiger partial charge is 0.221 e. The maximum atomic E-state index is 13.7. The van der Waals surface area contributed by atoms with Crippen LogP contribution in [0.4, 0.5) is 15.8 Å². The number of hydrogen-bond acceptors (Lipinski definition) is 3. The summed E-state index contributed by atoms with van der Waals surface area (Å²) in [7, 11) is 0. The Kier molecular flexibility index (Phi) is 4.40. The van der Waals surface area contributed by atoms with E-state index in [2.05, 4.69) is 10.6 Å². The summed E-state index contributed by atoms with van der Waals surface area (Å²) in [6.45, 7) is 3.80. The molecule has 2 N–H and O–H groups in total. The lowest BCUT2D eigenvalue weighted by molar-refractivity contribution is -0.114. The van der Waals surface area contributed by atoms with Crippen LogP contribution in [0.1, 0.15) is 25.4 Å². The quantitative estimate of drug-likeness (QED) is 0.878. The average molecular weight is 276 g/mol. The maximum absolute atomic E-state index is 13.7. The van der Waals surface area contributed by atoms with E-state index in [0.717, 1.165) is 17.9 Å². The molecule has 1 aromatic carbocycles. The highest BCUT2D eigenvalue weighted by Crippen LogP contribution is 2.21. The molecular formula is C15H17FN2O2. The Balaban J connectivity index is 2.06. The summed E-state index contributed by atoms with van der Waals surface area (Å²) < 4.78 is 19.2. The van der Waals surface area contributed by atoms with E-state index < -0.39 is 0 Å². The van der Waals surface area contributed by atoms with Crippen LogP contribution in [0, 0.1) is 5.82 Å². The summed E-state index contributed by atoms with van der Waals surface area (Å²) >= 11 is 0. The van der Waals surface area contributed by atoms with Crippen molar-refractivity contribution in [3.05, 3.63) is 47.7 Å². The van der Waals surface area contributed by atoms with Crippen LogP contribution in [0.15, 0.2) is 34.7 Å². The number of halogens is 1. The van der Waals surface area contributed by atoms with Crippen LogP contribution in [0.25, 0.3) is 0 Å². The first-order chi connectivity index (χ1) is 9.58. The highest BCUT2D eigenvalue weighted by atomic mass is 19.1. The Morgan fingerprint density at radius 1 is 1.25 bits per heavy atom. The lowest BCUT2D eigenvalue weighted by Gasteiger charge is -2.09. The third kappa shape index (κ3) is 3.60. The Bertz CT molecular complexity index is 608. The van der Waals surface area contributed by atoms with Gasteiger partial charge in [-0.15, -0.1) is 0 Å². The second-order valence-corrected chi connectivity index (χ2v) is 4.45. The Hall–Kier alpha value is -2.30. The number of benzene rings is 1. The number of carbonyl (C=O) groups excluding carboxylic acids is 1. The van der Waals surface area contributed by atoms with Crippen molar-refractivity contribution in [1.29, 1.82) is 0 Å². The molecule has 0 unspecified atom stereocenters. The van der Waals surface area contributed by atoms with Crippen molar-refractivity contribution in [2.24, 2.45) is 0 Å². The molecule has 1 heterocycles. The normalized spacial score (nSPS) is 10.3. The molecule has 106 valence electrons.